The molecule has 0 heterocycles. The van der Waals surface area contributed by atoms with E-state index in [9.17, 15) is 0 Å². The average Bonchev–Trinajstić information content (AvgIpc) is 2.25. The summed E-state index contributed by atoms with van der Waals surface area (Å²) in [6.07, 6.45) is 3.75. The molecular weight excluding hydrogens is 262 g/mol. The summed E-state index contributed by atoms with van der Waals surface area (Å²) in [4.78, 5) is 0. The fourth-order valence-corrected chi connectivity index (χ4v) is 2.59. The average molecular weight is 284 g/mol. The van der Waals surface area contributed by atoms with Crippen LogP contribution in [0.4, 0.5) is 0 Å². The molecule has 1 atom stereocenters. The van der Waals surface area contributed by atoms with E-state index in [1.807, 2.05) is 0 Å². The summed E-state index contributed by atoms with van der Waals surface area (Å²) in [5, 5.41) is 0. The van der Waals surface area contributed by atoms with Crippen molar-refractivity contribution in [2.75, 3.05) is 6.54 Å². The molecule has 0 aliphatic carbocycles. The molecule has 0 saturated heterocycles. The Labute approximate surface area is 108 Å². The van der Waals surface area contributed by atoms with Crippen molar-refractivity contribution in [3.8, 4) is 0 Å². The van der Waals surface area contributed by atoms with E-state index in [0.29, 0.717) is 5.92 Å². The Kier molecular flexibility index (Phi) is 6.07. The van der Waals surface area contributed by atoms with Gasteiger partial charge in [0.2, 0.25) is 0 Å². The quantitative estimate of drug-likeness (QED) is 0.827. The zero-order chi connectivity index (χ0) is 12.0. The minimum atomic E-state index is 0.495. The van der Waals surface area contributed by atoms with E-state index in [-0.39, 0.29) is 0 Å². The van der Waals surface area contributed by atoms with Gasteiger partial charge in [-0.05, 0) is 36.4 Å². The molecular formula is C14H22BrN. The maximum atomic E-state index is 5.87. The van der Waals surface area contributed by atoms with E-state index >= 15 is 0 Å². The maximum absolute atomic E-state index is 5.87. The van der Waals surface area contributed by atoms with Gasteiger partial charge in [0.15, 0.2) is 0 Å². The molecule has 2 heteroatoms. The highest BCUT2D eigenvalue weighted by molar-refractivity contribution is 9.10. The van der Waals surface area contributed by atoms with E-state index in [0.717, 1.165) is 12.5 Å². The zero-order valence-corrected chi connectivity index (χ0v) is 11.8. The summed E-state index contributed by atoms with van der Waals surface area (Å²) in [6, 6.07) is 8.41. The standard InChI is InChI=1S/C14H22BrN/c1-11(2)6-5-7-12(10-16)13-8-3-4-9-14(13)15/h3-4,8-9,11-12H,5-7,10,16H2,1-2H3. The Bertz CT molecular complexity index is 309. The van der Waals surface area contributed by atoms with Crippen LogP contribution in [0.1, 0.15) is 44.6 Å². The molecule has 0 bridgehead atoms. The van der Waals surface area contributed by atoms with Gasteiger partial charge in [-0.3, -0.25) is 0 Å². The van der Waals surface area contributed by atoms with Crippen molar-refractivity contribution in [3.05, 3.63) is 34.3 Å². The highest BCUT2D eigenvalue weighted by Crippen LogP contribution is 2.28. The van der Waals surface area contributed by atoms with E-state index in [2.05, 4.69) is 54.0 Å². The lowest BCUT2D eigenvalue weighted by Crippen LogP contribution is -2.13. The second-order valence-corrected chi connectivity index (χ2v) is 5.63. The zero-order valence-electron chi connectivity index (χ0n) is 10.2. The molecule has 0 amide bonds. The van der Waals surface area contributed by atoms with Crippen molar-refractivity contribution in [3.63, 3.8) is 0 Å². The first-order valence-corrected chi connectivity index (χ1v) is 6.89. The van der Waals surface area contributed by atoms with Gasteiger partial charge in [0.25, 0.3) is 0 Å². The van der Waals surface area contributed by atoms with Crippen LogP contribution >= 0.6 is 15.9 Å². The SMILES string of the molecule is CC(C)CCCC(CN)c1ccccc1Br. The van der Waals surface area contributed by atoms with E-state index in [1.165, 1.54) is 29.3 Å². The Hall–Kier alpha value is -0.340. The van der Waals surface area contributed by atoms with Crippen molar-refractivity contribution in [1.29, 1.82) is 0 Å². The van der Waals surface area contributed by atoms with Gasteiger partial charge in [0, 0.05) is 4.47 Å². The van der Waals surface area contributed by atoms with Gasteiger partial charge < -0.3 is 5.73 Å². The number of nitrogens with two attached hydrogens (primary N) is 1. The normalized spacial score (nSPS) is 13.1. The third kappa shape index (κ3) is 4.26. The summed E-state index contributed by atoms with van der Waals surface area (Å²) >= 11 is 3.60. The van der Waals surface area contributed by atoms with Crippen LogP contribution in [0.15, 0.2) is 28.7 Å². The Morgan fingerprint density at radius 1 is 1.19 bits per heavy atom. The van der Waals surface area contributed by atoms with Gasteiger partial charge in [-0.2, -0.15) is 0 Å². The van der Waals surface area contributed by atoms with Gasteiger partial charge in [0.1, 0.15) is 0 Å². The monoisotopic (exact) mass is 283 g/mol. The summed E-state index contributed by atoms with van der Waals surface area (Å²) in [6.45, 7) is 5.28. The van der Waals surface area contributed by atoms with E-state index in [1.54, 1.807) is 0 Å². The molecule has 1 aromatic carbocycles. The van der Waals surface area contributed by atoms with Crippen LogP contribution in [-0.2, 0) is 0 Å². The van der Waals surface area contributed by atoms with Crippen molar-refractivity contribution in [2.24, 2.45) is 11.7 Å². The van der Waals surface area contributed by atoms with Gasteiger partial charge in [-0.15, -0.1) is 0 Å². The predicted octanol–water partition coefficient (Wildman–Crippen LogP) is 4.32. The minimum Gasteiger partial charge on any atom is -0.330 e. The third-order valence-corrected chi connectivity index (χ3v) is 3.69. The second-order valence-electron chi connectivity index (χ2n) is 4.78. The predicted molar refractivity (Wildman–Crippen MR) is 74.6 cm³/mol. The fourth-order valence-electron chi connectivity index (χ4n) is 1.98. The van der Waals surface area contributed by atoms with Crippen molar-refractivity contribution in [2.45, 2.75) is 39.0 Å². The Balaban J connectivity index is 2.57. The first-order chi connectivity index (χ1) is 7.65. The van der Waals surface area contributed by atoms with Crippen molar-refractivity contribution >= 4 is 15.9 Å². The molecule has 0 aliphatic rings. The topological polar surface area (TPSA) is 26.0 Å². The first-order valence-electron chi connectivity index (χ1n) is 6.09. The van der Waals surface area contributed by atoms with E-state index < -0.39 is 0 Å². The summed E-state index contributed by atoms with van der Waals surface area (Å²) in [5.74, 6) is 1.28. The van der Waals surface area contributed by atoms with Crippen molar-refractivity contribution in [1.82, 2.24) is 0 Å². The molecule has 0 fully saturated rings. The van der Waals surface area contributed by atoms with E-state index in [4.69, 9.17) is 5.73 Å². The van der Waals surface area contributed by atoms with Gasteiger partial charge >= 0.3 is 0 Å². The molecule has 1 nitrogen and oxygen atoms in total. The molecule has 1 aromatic rings. The van der Waals surface area contributed by atoms with Crippen LogP contribution in [0.25, 0.3) is 0 Å². The molecule has 0 aromatic heterocycles. The molecule has 0 aliphatic heterocycles. The maximum Gasteiger partial charge on any atom is 0.0210 e. The van der Waals surface area contributed by atoms with Crippen LogP contribution in [-0.4, -0.2) is 6.54 Å². The largest absolute Gasteiger partial charge is 0.330 e. The molecule has 16 heavy (non-hydrogen) atoms. The highest BCUT2D eigenvalue weighted by Gasteiger charge is 2.12. The minimum absolute atomic E-state index is 0.495. The molecule has 2 N–H and O–H groups in total. The first kappa shape index (κ1) is 13.7. The van der Waals surface area contributed by atoms with Crippen LogP contribution < -0.4 is 5.73 Å². The molecule has 0 spiro atoms. The van der Waals surface area contributed by atoms with Gasteiger partial charge in [-0.25, -0.2) is 0 Å². The number of halogens is 1. The van der Waals surface area contributed by atoms with Crippen molar-refractivity contribution < 1.29 is 0 Å². The number of hydrogen-bond donors (Lipinski definition) is 1. The highest BCUT2D eigenvalue weighted by atomic mass is 79.9. The Morgan fingerprint density at radius 2 is 1.88 bits per heavy atom. The summed E-state index contributed by atoms with van der Waals surface area (Å²) in [7, 11) is 0. The van der Waals surface area contributed by atoms with Gasteiger partial charge in [0.05, 0.1) is 0 Å². The van der Waals surface area contributed by atoms with Crippen LogP contribution in [0.2, 0.25) is 0 Å². The van der Waals surface area contributed by atoms with Crippen LogP contribution in [0.5, 0.6) is 0 Å². The fraction of sp³-hybridized carbons (Fsp3) is 0.571. The second kappa shape index (κ2) is 7.08. The van der Waals surface area contributed by atoms with Crippen LogP contribution in [0.3, 0.4) is 0 Å². The number of rotatable bonds is 6. The Morgan fingerprint density at radius 3 is 2.44 bits per heavy atom. The van der Waals surface area contributed by atoms with Gasteiger partial charge in [-0.1, -0.05) is 60.8 Å². The molecule has 90 valence electrons. The lowest BCUT2D eigenvalue weighted by Gasteiger charge is -2.17. The summed E-state index contributed by atoms with van der Waals surface area (Å²) < 4.78 is 1.19. The molecule has 0 saturated carbocycles. The smallest absolute Gasteiger partial charge is 0.0210 e. The molecule has 1 rings (SSSR count). The lowest BCUT2D eigenvalue weighted by molar-refractivity contribution is 0.502. The number of benzene rings is 1. The van der Waals surface area contributed by atoms with Crippen LogP contribution in [0, 0.1) is 5.92 Å². The molecule has 1 unspecified atom stereocenters. The third-order valence-electron chi connectivity index (χ3n) is 2.96. The lowest BCUT2D eigenvalue weighted by atomic mass is 9.92. The summed E-state index contributed by atoms with van der Waals surface area (Å²) in [5.41, 5.74) is 7.23. The number of hydrogen-bond acceptors (Lipinski definition) is 1. The molecule has 0 radical (unpaired) electrons.